The van der Waals surface area contributed by atoms with Crippen LogP contribution in [0.25, 0.3) is 6.08 Å². The van der Waals surface area contributed by atoms with Gasteiger partial charge in [0.05, 0.1) is 12.2 Å². The van der Waals surface area contributed by atoms with Crippen LogP contribution in [0.3, 0.4) is 0 Å². The summed E-state index contributed by atoms with van der Waals surface area (Å²) in [6, 6.07) is 6.87. The second kappa shape index (κ2) is 9.81. The normalized spacial score (nSPS) is 11.8. The van der Waals surface area contributed by atoms with E-state index in [1.54, 1.807) is 43.4 Å². The van der Waals surface area contributed by atoms with Gasteiger partial charge in [-0.15, -0.1) is 0 Å². The molecule has 0 bridgehead atoms. The number of carbonyl (C=O) groups is 1. The summed E-state index contributed by atoms with van der Waals surface area (Å²) < 4.78 is 5.25. The van der Waals surface area contributed by atoms with Crippen LogP contribution in [0.15, 0.2) is 42.0 Å². The van der Waals surface area contributed by atoms with Gasteiger partial charge in [0.15, 0.2) is 0 Å². The van der Waals surface area contributed by atoms with Gasteiger partial charge in [0.1, 0.15) is 5.75 Å². The molecular formula is C18H24O3. The fourth-order valence-corrected chi connectivity index (χ4v) is 1.87. The first kappa shape index (κ1) is 17.0. The zero-order valence-electron chi connectivity index (χ0n) is 12.8. The molecule has 0 saturated carbocycles. The smallest absolute Gasteiger partial charge is 0.337 e. The number of rotatable bonds is 8. The zero-order valence-corrected chi connectivity index (χ0v) is 12.8. The Balaban J connectivity index is 2.49. The highest BCUT2D eigenvalue weighted by atomic mass is 16.5. The Bertz CT molecular complexity index is 501. The number of aromatic hydroxyl groups is 1. The van der Waals surface area contributed by atoms with E-state index in [4.69, 9.17) is 4.74 Å². The molecule has 1 N–H and O–H groups in total. The fraction of sp³-hybridized carbons (Fsp3) is 0.389. The Morgan fingerprint density at radius 3 is 2.76 bits per heavy atom. The second-order valence-corrected chi connectivity index (χ2v) is 4.87. The maximum atomic E-state index is 11.9. The number of unbranched alkanes of at least 4 members (excludes halogenated alkanes) is 3. The lowest BCUT2D eigenvalue weighted by atomic mass is 10.1. The van der Waals surface area contributed by atoms with Crippen molar-refractivity contribution in [3.8, 4) is 5.75 Å². The van der Waals surface area contributed by atoms with Crippen LogP contribution in [0.4, 0.5) is 0 Å². The lowest BCUT2D eigenvalue weighted by Crippen LogP contribution is -2.07. The van der Waals surface area contributed by atoms with Crippen molar-refractivity contribution in [2.24, 2.45) is 0 Å². The Morgan fingerprint density at radius 2 is 2.10 bits per heavy atom. The molecule has 0 aliphatic rings. The summed E-state index contributed by atoms with van der Waals surface area (Å²) in [7, 11) is 0. The van der Waals surface area contributed by atoms with Crippen molar-refractivity contribution in [2.45, 2.75) is 39.5 Å². The van der Waals surface area contributed by atoms with Gasteiger partial charge < -0.3 is 9.84 Å². The maximum Gasteiger partial charge on any atom is 0.337 e. The van der Waals surface area contributed by atoms with Gasteiger partial charge >= 0.3 is 5.97 Å². The van der Waals surface area contributed by atoms with E-state index < -0.39 is 0 Å². The largest absolute Gasteiger partial charge is 0.508 e. The van der Waals surface area contributed by atoms with Crippen LogP contribution < -0.4 is 0 Å². The molecule has 0 spiro atoms. The Hall–Kier alpha value is -2.03. The summed E-state index contributed by atoms with van der Waals surface area (Å²) in [5.74, 6) is -0.0944. The molecule has 0 fully saturated rings. The van der Waals surface area contributed by atoms with Gasteiger partial charge in [-0.1, -0.05) is 50.5 Å². The molecule has 3 heteroatoms. The van der Waals surface area contributed by atoms with Crippen LogP contribution in [0.1, 0.15) is 45.1 Å². The Kier molecular flexibility index (Phi) is 7.95. The van der Waals surface area contributed by atoms with Crippen LogP contribution in [0.5, 0.6) is 5.75 Å². The van der Waals surface area contributed by atoms with Gasteiger partial charge in [-0.05, 0) is 37.1 Å². The molecule has 1 aromatic carbocycles. The van der Waals surface area contributed by atoms with Crippen molar-refractivity contribution in [2.75, 3.05) is 6.61 Å². The average molecular weight is 288 g/mol. The molecule has 0 aliphatic heterocycles. The van der Waals surface area contributed by atoms with Crippen molar-refractivity contribution in [3.63, 3.8) is 0 Å². The molecule has 0 aromatic heterocycles. The number of phenolic OH excluding ortho intramolecular Hbond substituents is 1. The molecule has 114 valence electrons. The van der Waals surface area contributed by atoms with Crippen LogP contribution in [-0.2, 0) is 9.53 Å². The summed E-state index contributed by atoms with van der Waals surface area (Å²) in [5.41, 5.74) is 1.36. The second-order valence-electron chi connectivity index (χ2n) is 4.87. The molecule has 1 rings (SSSR count). The van der Waals surface area contributed by atoms with Crippen LogP contribution in [-0.4, -0.2) is 17.7 Å². The molecule has 1 aromatic rings. The van der Waals surface area contributed by atoms with Crippen molar-refractivity contribution in [1.82, 2.24) is 0 Å². The maximum absolute atomic E-state index is 11.9. The highest BCUT2D eigenvalue weighted by Gasteiger charge is 2.06. The molecule has 21 heavy (non-hydrogen) atoms. The Labute approximate surface area is 127 Å². The quantitative estimate of drug-likeness (QED) is 0.332. The Morgan fingerprint density at radius 1 is 1.29 bits per heavy atom. The van der Waals surface area contributed by atoms with Gasteiger partial charge in [-0.25, -0.2) is 4.79 Å². The highest BCUT2D eigenvalue weighted by molar-refractivity contribution is 5.92. The number of benzene rings is 1. The van der Waals surface area contributed by atoms with Gasteiger partial charge in [0.2, 0.25) is 0 Å². The first-order valence-corrected chi connectivity index (χ1v) is 7.48. The van der Waals surface area contributed by atoms with E-state index in [9.17, 15) is 9.90 Å². The average Bonchev–Trinajstić information content (AvgIpc) is 2.48. The predicted molar refractivity (Wildman–Crippen MR) is 86.0 cm³/mol. The summed E-state index contributed by atoms with van der Waals surface area (Å²) in [6.45, 7) is 4.42. The topological polar surface area (TPSA) is 46.5 Å². The fourth-order valence-electron chi connectivity index (χ4n) is 1.87. The first-order chi connectivity index (χ1) is 10.2. The van der Waals surface area contributed by atoms with Gasteiger partial charge in [0, 0.05) is 0 Å². The van der Waals surface area contributed by atoms with Gasteiger partial charge in [0.25, 0.3) is 0 Å². The van der Waals surface area contributed by atoms with E-state index in [1.165, 1.54) is 12.8 Å². The van der Waals surface area contributed by atoms with E-state index >= 15 is 0 Å². The lowest BCUT2D eigenvalue weighted by molar-refractivity contribution is -0.138. The van der Waals surface area contributed by atoms with E-state index in [0.29, 0.717) is 12.2 Å². The first-order valence-electron chi connectivity index (χ1n) is 7.48. The molecular weight excluding hydrogens is 264 g/mol. The van der Waals surface area contributed by atoms with Crippen LogP contribution >= 0.6 is 0 Å². The molecule has 0 aliphatic carbocycles. The molecule has 0 radical (unpaired) electrons. The number of ether oxygens (including phenoxy) is 1. The van der Waals surface area contributed by atoms with E-state index in [2.05, 4.69) is 6.92 Å². The van der Waals surface area contributed by atoms with Crippen molar-refractivity contribution >= 4 is 12.0 Å². The van der Waals surface area contributed by atoms with Crippen LogP contribution in [0.2, 0.25) is 0 Å². The SMILES string of the molecule is C/C=C(\C=C/c1cccc(O)c1)C(=O)OCCCCCC. The van der Waals surface area contributed by atoms with Crippen LogP contribution in [0, 0.1) is 0 Å². The summed E-state index contributed by atoms with van der Waals surface area (Å²) in [4.78, 5) is 11.9. The number of phenols is 1. The number of hydrogen-bond acceptors (Lipinski definition) is 3. The minimum absolute atomic E-state index is 0.206. The highest BCUT2D eigenvalue weighted by Crippen LogP contribution is 2.13. The number of allylic oxidation sites excluding steroid dienone is 1. The molecule has 0 heterocycles. The van der Waals surface area contributed by atoms with E-state index in [1.807, 2.05) is 6.07 Å². The van der Waals surface area contributed by atoms with E-state index in [0.717, 1.165) is 18.4 Å². The third kappa shape index (κ3) is 6.80. The molecule has 3 nitrogen and oxygen atoms in total. The predicted octanol–water partition coefficient (Wildman–Crippen LogP) is 4.48. The van der Waals surface area contributed by atoms with Crippen molar-refractivity contribution in [1.29, 1.82) is 0 Å². The number of esters is 1. The number of hydrogen-bond donors (Lipinski definition) is 1. The summed E-state index contributed by atoms with van der Waals surface area (Å²) in [6.07, 6.45) is 9.57. The zero-order chi connectivity index (χ0) is 15.5. The summed E-state index contributed by atoms with van der Waals surface area (Å²) >= 11 is 0. The molecule has 0 atom stereocenters. The van der Waals surface area contributed by atoms with Crippen molar-refractivity contribution < 1.29 is 14.6 Å². The standard InChI is InChI=1S/C18H24O3/c1-3-5-6-7-13-21-18(20)16(4-2)12-11-15-9-8-10-17(19)14-15/h4,8-12,14,19H,3,5-7,13H2,1-2H3/b12-11-,16-4+. The minimum atomic E-state index is -0.301. The van der Waals surface area contributed by atoms with Crippen molar-refractivity contribution in [3.05, 3.63) is 47.6 Å². The third-order valence-corrected chi connectivity index (χ3v) is 3.10. The monoisotopic (exact) mass is 288 g/mol. The molecule has 0 saturated heterocycles. The minimum Gasteiger partial charge on any atom is -0.508 e. The lowest BCUT2D eigenvalue weighted by Gasteiger charge is -2.05. The number of carbonyl (C=O) groups excluding carboxylic acids is 1. The third-order valence-electron chi connectivity index (χ3n) is 3.10. The molecule has 0 amide bonds. The molecule has 0 unspecified atom stereocenters. The van der Waals surface area contributed by atoms with Gasteiger partial charge in [-0.2, -0.15) is 0 Å². The van der Waals surface area contributed by atoms with E-state index in [-0.39, 0.29) is 11.7 Å². The summed E-state index contributed by atoms with van der Waals surface area (Å²) in [5, 5.41) is 9.39. The van der Waals surface area contributed by atoms with Gasteiger partial charge in [-0.3, -0.25) is 0 Å².